The first-order valence-electron chi connectivity index (χ1n) is 5.87. The highest BCUT2D eigenvalue weighted by molar-refractivity contribution is 9.10. The van der Waals surface area contributed by atoms with Gasteiger partial charge in [0, 0.05) is 34.9 Å². The number of alkyl halides is 2. The topological polar surface area (TPSA) is 3.24 Å². The summed E-state index contributed by atoms with van der Waals surface area (Å²) in [6.07, 6.45) is 2.32. The molecule has 1 aliphatic rings. The maximum absolute atomic E-state index is 6.03. The first kappa shape index (κ1) is 16.6. The molecule has 2 rings (SSSR count). The van der Waals surface area contributed by atoms with E-state index in [0.29, 0.717) is 23.8 Å². The van der Waals surface area contributed by atoms with Crippen molar-refractivity contribution >= 4 is 51.5 Å². The van der Waals surface area contributed by atoms with Gasteiger partial charge in [-0.1, -0.05) is 34.1 Å². The number of hydrogen-bond donors (Lipinski definition) is 0. The van der Waals surface area contributed by atoms with Gasteiger partial charge in [-0.15, -0.1) is 35.6 Å². The highest BCUT2D eigenvalue weighted by Gasteiger charge is 2.32. The van der Waals surface area contributed by atoms with Crippen LogP contribution in [0.4, 0.5) is 0 Å². The van der Waals surface area contributed by atoms with Crippen molar-refractivity contribution in [2.24, 2.45) is 0 Å². The molecule has 1 saturated heterocycles. The van der Waals surface area contributed by atoms with E-state index in [2.05, 4.69) is 39.0 Å². The van der Waals surface area contributed by atoms with Crippen molar-refractivity contribution in [2.45, 2.75) is 31.5 Å². The minimum Gasteiger partial charge on any atom is -0.291 e. The lowest BCUT2D eigenvalue weighted by molar-refractivity contribution is 0.208. The normalized spacial score (nSPS) is 23.9. The summed E-state index contributed by atoms with van der Waals surface area (Å²) >= 11 is 15.7. The van der Waals surface area contributed by atoms with Crippen LogP contribution in [0.25, 0.3) is 0 Å². The molecule has 2 atom stereocenters. The second-order valence-corrected chi connectivity index (χ2v) is 5.93. The van der Waals surface area contributed by atoms with E-state index in [1.54, 1.807) is 0 Å². The van der Waals surface area contributed by atoms with Gasteiger partial charge < -0.3 is 0 Å². The van der Waals surface area contributed by atoms with Gasteiger partial charge in [0.1, 0.15) is 0 Å². The molecule has 0 spiro atoms. The molecule has 0 N–H and O–H groups in total. The van der Waals surface area contributed by atoms with Gasteiger partial charge in [0.05, 0.1) is 0 Å². The number of rotatable bonds is 4. The van der Waals surface area contributed by atoms with Gasteiger partial charge in [0.15, 0.2) is 0 Å². The quantitative estimate of drug-likeness (QED) is 0.693. The first-order chi connectivity index (χ1) is 8.26. The highest BCUT2D eigenvalue weighted by Crippen LogP contribution is 2.29. The molecule has 1 aliphatic heterocycles. The van der Waals surface area contributed by atoms with E-state index in [1.165, 1.54) is 5.56 Å². The molecule has 0 aromatic heterocycles. The summed E-state index contributed by atoms with van der Waals surface area (Å²) in [4.78, 5) is 2.44. The predicted octanol–water partition coefficient (Wildman–Crippen LogP) is 4.68. The van der Waals surface area contributed by atoms with Crippen molar-refractivity contribution in [1.82, 2.24) is 4.90 Å². The average molecular weight is 374 g/mol. The van der Waals surface area contributed by atoms with E-state index in [-0.39, 0.29) is 12.4 Å². The Balaban J connectivity index is 0.00000162. The molecule has 0 aliphatic carbocycles. The number of likely N-dealkylation sites (tertiary alicyclic amines) is 1. The molecule has 1 nitrogen and oxygen atoms in total. The molecule has 102 valence electrons. The SMILES string of the molecule is Cl.ClCC1CCC(CCl)N1Cc1ccccc1Br. The summed E-state index contributed by atoms with van der Waals surface area (Å²) in [7, 11) is 0. The van der Waals surface area contributed by atoms with Crippen LogP contribution >= 0.6 is 51.5 Å². The second kappa shape index (κ2) is 7.96. The van der Waals surface area contributed by atoms with Crippen molar-refractivity contribution in [3.05, 3.63) is 34.3 Å². The largest absolute Gasteiger partial charge is 0.291 e. The standard InChI is InChI=1S/C13H16BrCl2N.ClH/c14-13-4-2-1-3-10(13)9-17-11(7-15)5-6-12(17)8-16;/h1-4,11-12H,5-9H2;1H. The molecular weight excluding hydrogens is 356 g/mol. The van der Waals surface area contributed by atoms with Gasteiger partial charge in [0.2, 0.25) is 0 Å². The van der Waals surface area contributed by atoms with Crippen LogP contribution in [-0.4, -0.2) is 28.7 Å². The molecule has 18 heavy (non-hydrogen) atoms. The Labute approximate surface area is 133 Å². The van der Waals surface area contributed by atoms with Crippen LogP contribution in [0.2, 0.25) is 0 Å². The Hall–Kier alpha value is 0.530. The van der Waals surface area contributed by atoms with Gasteiger partial charge in [0.25, 0.3) is 0 Å². The van der Waals surface area contributed by atoms with Crippen molar-refractivity contribution in [3.8, 4) is 0 Å². The van der Waals surface area contributed by atoms with Crippen LogP contribution in [0.3, 0.4) is 0 Å². The Kier molecular flexibility index (Phi) is 7.33. The van der Waals surface area contributed by atoms with Crippen LogP contribution in [0.1, 0.15) is 18.4 Å². The molecule has 1 fully saturated rings. The molecule has 1 aromatic rings. The van der Waals surface area contributed by atoms with Gasteiger partial charge in [-0.3, -0.25) is 4.90 Å². The Bertz CT molecular complexity index is 363. The summed E-state index contributed by atoms with van der Waals surface area (Å²) < 4.78 is 1.16. The monoisotopic (exact) mass is 371 g/mol. The lowest BCUT2D eigenvalue weighted by atomic mass is 10.2. The number of benzene rings is 1. The van der Waals surface area contributed by atoms with Gasteiger partial charge in [-0.25, -0.2) is 0 Å². The summed E-state index contributed by atoms with van der Waals surface area (Å²) in [6.45, 7) is 0.927. The number of halogens is 4. The molecular formula is C13H17BrCl3N. The lowest BCUT2D eigenvalue weighted by Gasteiger charge is -2.28. The Morgan fingerprint density at radius 1 is 1.11 bits per heavy atom. The van der Waals surface area contributed by atoms with Crippen molar-refractivity contribution < 1.29 is 0 Å². The summed E-state index contributed by atoms with van der Waals surface area (Å²) in [6, 6.07) is 9.27. The van der Waals surface area contributed by atoms with Gasteiger partial charge in [-0.2, -0.15) is 0 Å². The van der Waals surface area contributed by atoms with E-state index >= 15 is 0 Å². The fourth-order valence-corrected chi connectivity index (χ4v) is 3.50. The minimum absolute atomic E-state index is 0. The third kappa shape index (κ3) is 3.77. The number of nitrogens with zero attached hydrogens (tertiary/aromatic N) is 1. The third-order valence-electron chi connectivity index (χ3n) is 3.44. The van der Waals surface area contributed by atoms with Crippen molar-refractivity contribution in [2.75, 3.05) is 11.8 Å². The van der Waals surface area contributed by atoms with Crippen molar-refractivity contribution in [1.29, 1.82) is 0 Å². The van der Waals surface area contributed by atoms with E-state index in [1.807, 2.05) is 6.07 Å². The number of hydrogen-bond acceptors (Lipinski definition) is 1. The van der Waals surface area contributed by atoms with Crippen LogP contribution in [0.5, 0.6) is 0 Å². The molecule has 5 heteroatoms. The first-order valence-corrected chi connectivity index (χ1v) is 7.73. The Morgan fingerprint density at radius 2 is 1.67 bits per heavy atom. The van der Waals surface area contributed by atoms with E-state index < -0.39 is 0 Å². The summed E-state index contributed by atoms with van der Waals surface area (Å²) in [5, 5.41) is 0. The fraction of sp³-hybridized carbons (Fsp3) is 0.538. The summed E-state index contributed by atoms with van der Waals surface area (Å²) in [5.74, 6) is 1.38. The zero-order chi connectivity index (χ0) is 12.3. The molecule has 0 bridgehead atoms. The van der Waals surface area contributed by atoms with Gasteiger partial charge >= 0.3 is 0 Å². The van der Waals surface area contributed by atoms with Crippen LogP contribution < -0.4 is 0 Å². The van der Waals surface area contributed by atoms with Gasteiger partial charge in [-0.05, 0) is 24.5 Å². The zero-order valence-electron chi connectivity index (χ0n) is 9.99. The van der Waals surface area contributed by atoms with Crippen LogP contribution in [-0.2, 0) is 6.54 Å². The lowest BCUT2D eigenvalue weighted by Crippen LogP contribution is -2.37. The van der Waals surface area contributed by atoms with E-state index in [9.17, 15) is 0 Å². The molecule has 0 radical (unpaired) electrons. The third-order valence-corrected chi connectivity index (χ3v) is 4.92. The second-order valence-electron chi connectivity index (χ2n) is 4.46. The van der Waals surface area contributed by atoms with Crippen LogP contribution in [0.15, 0.2) is 28.7 Å². The maximum atomic E-state index is 6.03. The van der Waals surface area contributed by atoms with E-state index in [4.69, 9.17) is 23.2 Å². The molecule has 0 amide bonds. The average Bonchev–Trinajstić information content (AvgIpc) is 2.74. The predicted molar refractivity (Wildman–Crippen MR) is 85.2 cm³/mol. The molecule has 0 saturated carbocycles. The maximum Gasteiger partial charge on any atom is 0.0379 e. The van der Waals surface area contributed by atoms with Crippen molar-refractivity contribution in [3.63, 3.8) is 0 Å². The van der Waals surface area contributed by atoms with E-state index in [0.717, 1.165) is 23.9 Å². The zero-order valence-corrected chi connectivity index (χ0v) is 13.9. The fourth-order valence-electron chi connectivity index (χ4n) is 2.43. The molecule has 1 heterocycles. The smallest absolute Gasteiger partial charge is 0.0379 e. The molecule has 1 aromatic carbocycles. The Morgan fingerprint density at radius 3 is 2.17 bits per heavy atom. The highest BCUT2D eigenvalue weighted by atomic mass is 79.9. The minimum atomic E-state index is 0. The summed E-state index contributed by atoms with van der Waals surface area (Å²) in [5.41, 5.74) is 1.31. The molecule has 2 unspecified atom stereocenters. The van der Waals surface area contributed by atoms with Crippen LogP contribution in [0, 0.1) is 0 Å².